The molecule has 1 fully saturated rings. The SMILES string of the molecule is CN=C(NCCCN1CCCCC1C)NCc1ccc(OC)cc1OC. The smallest absolute Gasteiger partial charge is 0.191 e. The number of nitrogens with zero attached hydrogens (tertiary/aromatic N) is 2. The van der Waals surface area contributed by atoms with Crippen molar-refractivity contribution in [3.8, 4) is 11.5 Å². The molecule has 2 N–H and O–H groups in total. The minimum Gasteiger partial charge on any atom is -0.497 e. The lowest BCUT2D eigenvalue weighted by Crippen LogP contribution is -2.41. The van der Waals surface area contributed by atoms with Gasteiger partial charge in [-0.2, -0.15) is 0 Å². The molecule has 1 aromatic rings. The largest absolute Gasteiger partial charge is 0.497 e. The Morgan fingerprint density at radius 2 is 2.08 bits per heavy atom. The number of nitrogens with one attached hydrogen (secondary N) is 2. The van der Waals surface area contributed by atoms with Gasteiger partial charge in [0.05, 0.1) is 14.2 Å². The van der Waals surface area contributed by atoms with Gasteiger partial charge >= 0.3 is 0 Å². The number of guanidine groups is 1. The molecule has 1 aliphatic heterocycles. The van der Waals surface area contributed by atoms with Crippen LogP contribution in [0.3, 0.4) is 0 Å². The normalized spacial score (nSPS) is 18.5. The van der Waals surface area contributed by atoms with Gasteiger partial charge in [-0.25, -0.2) is 0 Å². The minimum atomic E-state index is 0.649. The first kappa shape index (κ1) is 20.4. The molecule has 1 saturated heterocycles. The maximum atomic E-state index is 5.44. The number of benzene rings is 1. The molecule has 146 valence electrons. The number of hydrogen-bond donors (Lipinski definition) is 2. The van der Waals surface area contributed by atoms with Crippen molar-refractivity contribution < 1.29 is 9.47 Å². The van der Waals surface area contributed by atoms with Crippen LogP contribution in [0.2, 0.25) is 0 Å². The van der Waals surface area contributed by atoms with Gasteiger partial charge in [-0.05, 0) is 44.9 Å². The van der Waals surface area contributed by atoms with Gasteiger partial charge in [-0.1, -0.05) is 6.42 Å². The van der Waals surface area contributed by atoms with Crippen LogP contribution < -0.4 is 20.1 Å². The van der Waals surface area contributed by atoms with Gasteiger partial charge < -0.3 is 25.0 Å². The molecule has 0 bridgehead atoms. The summed E-state index contributed by atoms with van der Waals surface area (Å²) in [5, 5.41) is 6.75. The monoisotopic (exact) mass is 362 g/mol. The average molecular weight is 363 g/mol. The van der Waals surface area contributed by atoms with Crippen molar-refractivity contribution in [2.75, 3.05) is 40.9 Å². The molecule has 1 aromatic carbocycles. The van der Waals surface area contributed by atoms with E-state index in [-0.39, 0.29) is 0 Å². The fraction of sp³-hybridized carbons (Fsp3) is 0.650. The molecule has 0 aliphatic carbocycles. The number of rotatable bonds is 8. The average Bonchev–Trinajstić information content (AvgIpc) is 2.68. The Labute approximate surface area is 158 Å². The summed E-state index contributed by atoms with van der Waals surface area (Å²) >= 11 is 0. The van der Waals surface area contributed by atoms with Crippen LogP contribution in [-0.2, 0) is 6.54 Å². The maximum Gasteiger partial charge on any atom is 0.191 e. The van der Waals surface area contributed by atoms with Gasteiger partial charge in [-0.15, -0.1) is 0 Å². The molecule has 6 nitrogen and oxygen atoms in total. The van der Waals surface area contributed by atoms with E-state index in [1.54, 1.807) is 21.3 Å². The number of hydrogen-bond acceptors (Lipinski definition) is 4. The van der Waals surface area contributed by atoms with E-state index in [9.17, 15) is 0 Å². The third-order valence-electron chi connectivity index (χ3n) is 5.02. The Hall–Kier alpha value is -1.95. The molecule has 0 aromatic heterocycles. The molecule has 1 atom stereocenters. The second-order valence-corrected chi connectivity index (χ2v) is 6.76. The third kappa shape index (κ3) is 6.09. The molecule has 0 spiro atoms. The zero-order chi connectivity index (χ0) is 18.8. The Bertz CT molecular complexity index is 577. The summed E-state index contributed by atoms with van der Waals surface area (Å²) in [6, 6.07) is 6.57. The summed E-state index contributed by atoms with van der Waals surface area (Å²) in [7, 11) is 5.13. The van der Waals surface area contributed by atoms with Crippen LogP contribution in [0.5, 0.6) is 11.5 Å². The quantitative estimate of drug-likeness (QED) is 0.423. The predicted octanol–water partition coefficient (Wildman–Crippen LogP) is 2.63. The molecular formula is C20H34N4O2. The fourth-order valence-electron chi connectivity index (χ4n) is 3.38. The zero-order valence-corrected chi connectivity index (χ0v) is 16.7. The van der Waals surface area contributed by atoms with Crippen LogP contribution in [-0.4, -0.2) is 57.8 Å². The first-order valence-electron chi connectivity index (χ1n) is 9.57. The van der Waals surface area contributed by atoms with Gasteiger partial charge in [0.25, 0.3) is 0 Å². The Morgan fingerprint density at radius 3 is 2.77 bits per heavy atom. The topological polar surface area (TPSA) is 58.1 Å². The van der Waals surface area contributed by atoms with Crippen molar-refractivity contribution in [3.05, 3.63) is 23.8 Å². The van der Waals surface area contributed by atoms with Crippen LogP contribution >= 0.6 is 0 Å². The molecular weight excluding hydrogens is 328 g/mol. The molecule has 26 heavy (non-hydrogen) atoms. The van der Waals surface area contributed by atoms with E-state index in [1.165, 1.54) is 25.8 Å². The van der Waals surface area contributed by atoms with Crippen molar-refractivity contribution >= 4 is 5.96 Å². The minimum absolute atomic E-state index is 0.649. The van der Waals surface area contributed by atoms with E-state index < -0.39 is 0 Å². The predicted molar refractivity (Wildman–Crippen MR) is 107 cm³/mol. The highest BCUT2D eigenvalue weighted by Gasteiger charge is 2.17. The van der Waals surface area contributed by atoms with Crippen LogP contribution in [0, 0.1) is 0 Å². The van der Waals surface area contributed by atoms with Gasteiger partial charge in [0.1, 0.15) is 11.5 Å². The van der Waals surface area contributed by atoms with Gasteiger partial charge in [0.15, 0.2) is 5.96 Å². The van der Waals surface area contributed by atoms with E-state index in [0.29, 0.717) is 6.54 Å². The first-order valence-corrected chi connectivity index (χ1v) is 9.57. The summed E-state index contributed by atoms with van der Waals surface area (Å²) in [5.41, 5.74) is 1.07. The fourth-order valence-corrected chi connectivity index (χ4v) is 3.38. The third-order valence-corrected chi connectivity index (χ3v) is 5.02. The summed E-state index contributed by atoms with van der Waals surface area (Å²) in [4.78, 5) is 6.91. The van der Waals surface area contributed by atoms with Crippen molar-refractivity contribution in [1.82, 2.24) is 15.5 Å². The van der Waals surface area contributed by atoms with E-state index in [0.717, 1.165) is 48.6 Å². The van der Waals surface area contributed by atoms with E-state index in [1.807, 2.05) is 18.2 Å². The van der Waals surface area contributed by atoms with Crippen molar-refractivity contribution in [2.24, 2.45) is 4.99 Å². The summed E-state index contributed by atoms with van der Waals surface area (Å²) in [5.74, 6) is 2.42. The summed E-state index contributed by atoms with van der Waals surface area (Å²) in [6.45, 7) is 6.30. The van der Waals surface area contributed by atoms with Crippen molar-refractivity contribution in [3.63, 3.8) is 0 Å². The highest BCUT2D eigenvalue weighted by atomic mass is 16.5. The second-order valence-electron chi connectivity index (χ2n) is 6.76. The molecule has 0 radical (unpaired) electrons. The Balaban J connectivity index is 1.74. The van der Waals surface area contributed by atoms with Crippen molar-refractivity contribution in [2.45, 2.75) is 45.2 Å². The highest BCUT2D eigenvalue weighted by Crippen LogP contribution is 2.24. The van der Waals surface area contributed by atoms with Gasteiger partial charge in [0.2, 0.25) is 0 Å². The summed E-state index contributed by atoms with van der Waals surface area (Å²) in [6.07, 6.45) is 5.17. The lowest BCUT2D eigenvalue weighted by Gasteiger charge is -2.33. The zero-order valence-electron chi connectivity index (χ0n) is 16.7. The molecule has 1 aliphatic rings. The number of likely N-dealkylation sites (tertiary alicyclic amines) is 1. The Kier molecular flexibility index (Phi) is 8.54. The van der Waals surface area contributed by atoms with Crippen LogP contribution in [0.15, 0.2) is 23.2 Å². The molecule has 0 saturated carbocycles. The standard InChI is InChI=1S/C20H34N4O2/c1-16-8-5-6-12-24(16)13-7-11-22-20(21-2)23-15-17-9-10-18(25-3)14-19(17)26-4/h9-10,14,16H,5-8,11-13,15H2,1-4H3,(H2,21,22,23). The molecule has 6 heteroatoms. The molecule has 1 heterocycles. The van der Waals surface area contributed by atoms with Gasteiger partial charge in [0, 0.05) is 44.4 Å². The van der Waals surface area contributed by atoms with Crippen LogP contribution in [0.25, 0.3) is 0 Å². The Morgan fingerprint density at radius 1 is 1.23 bits per heavy atom. The number of piperidine rings is 1. The lowest BCUT2D eigenvalue weighted by molar-refractivity contribution is 0.159. The number of ether oxygens (including phenoxy) is 2. The van der Waals surface area contributed by atoms with E-state index in [4.69, 9.17) is 9.47 Å². The maximum absolute atomic E-state index is 5.44. The van der Waals surface area contributed by atoms with Crippen molar-refractivity contribution in [1.29, 1.82) is 0 Å². The van der Waals surface area contributed by atoms with Crippen LogP contribution in [0.1, 0.15) is 38.2 Å². The molecule has 0 amide bonds. The second kappa shape index (κ2) is 10.9. The van der Waals surface area contributed by atoms with E-state index >= 15 is 0 Å². The highest BCUT2D eigenvalue weighted by molar-refractivity contribution is 5.79. The number of methoxy groups -OCH3 is 2. The first-order chi connectivity index (χ1) is 12.7. The molecule has 1 unspecified atom stereocenters. The van der Waals surface area contributed by atoms with Crippen LogP contribution in [0.4, 0.5) is 0 Å². The lowest BCUT2D eigenvalue weighted by atomic mass is 10.0. The molecule has 2 rings (SSSR count). The number of aliphatic imine (C=N–C) groups is 1. The summed E-state index contributed by atoms with van der Waals surface area (Å²) < 4.78 is 10.7. The van der Waals surface area contributed by atoms with E-state index in [2.05, 4.69) is 27.4 Å². The van der Waals surface area contributed by atoms with Gasteiger partial charge in [-0.3, -0.25) is 4.99 Å².